The Morgan fingerprint density at radius 2 is 1.41 bits per heavy atom. The third-order valence-corrected chi connectivity index (χ3v) is 7.45. The van der Waals surface area contributed by atoms with Crippen LogP contribution in [0.2, 0.25) is 0 Å². The van der Waals surface area contributed by atoms with E-state index in [2.05, 4.69) is 12.2 Å². The van der Waals surface area contributed by atoms with Gasteiger partial charge in [-0.25, -0.2) is 4.79 Å². The van der Waals surface area contributed by atoms with Gasteiger partial charge in [0.1, 0.15) is 0 Å². The van der Waals surface area contributed by atoms with Crippen molar-refractivity contribution in [3.63, 3.8) is 0 Å². The number of anilines is 1. The molecule has 7 rings (SSSR count). The van der Waals surface area contributed by atoms with Gasteiger partial charge in [0.05, 0.1) is 23.1 Å². The lowest BCUT2D eigenvalue weighted by molar-refractivity contribution is -0.124. The van der Waals surface area contributed by atoms with Crippen molar-refractivity contribution in [3.05, 3.63) is 77.9 Å². The number of benzene rings is 2. The zero-order valence-electron chi connectivity index (χ0n) is 17.2. The van der Waals surface area contributed by atoms with E-state index in [0.717, 1.165) is 6.42 Å². The van der Waals surface area contributed by atoms with Crippen LogP contribution in [0.1, 0.15) is 27.1 Å². The van der Waals surface area contributed by atoms with E-state index in [4.69, 9.17) is 4.74 Å². The first-order chi connectivity index (χ1) is 15.5. The van der Waals surface area contributed by atoms with Crippen molar-refractivity contribution in [2.24, 2.45) is 35.5 Å². The van der Waals surface area contributed by atoms with Crippen LogP contribution in [0.4, 0.5) is 5.69 Å². The van der Waals surface area contributed by atoms with Crippen molar-refractivity contribution < 1.29 is 23.9 Å². The number of imide groups is 1. The lowest BCUT2D eigenvalue weighted by Crippen LogP contribution is -2.40. The Balaban J connectivity index is 1.15. The quantitative estimate of drug-likeness (QED) is 0.317. The first-order valence-corrected chi connectivity index (χ1v) is 11.0. The number of esters is 1. The summed E-state index contributed by atoms with van der Waals surface area (Å²) in [4.78, 5) is 52.1. The van der Waals surface area contributed by atoms with Gasteiger partial charge in [0.15, 0.2) is 12.4 Å². The number of hydrogen-bond donors (Lipinski definition) is 0. The van der Waals surface area contributed by atoms with Crippen molar-refractivity contribution in [2.75, 3.05) is 11.5 Å². The molecule has 160 valence electrons. The van der Waals surface area contributed by atoms with Crippen molar-refractivity contribution in [3.8, 4) is 0 Å². The second-order valence-corrected chi connectivity index (χ2v) is 9.08. The third kappa shape index (κ3) is 2.79. The number of rotatable bonds is 5. The molecule has 6 heteroatoms. The fourth-order valence-electron chi connectivity index (χ4n) is 5.88. The Hall–Kier alpha value is -3.54. The van der Waals surface area contributed by atoms with Crippen LogP contribution in [0.15, 0.2) is 66.7 Å². The predicted octanol–water partition coefficient (Wildman–Crippen LogP) is 3.28. The predicted molar refractivity (Wildman–Crippen MR) is 115 cm³/mol. The van der Waals surface area contributed by atoms with E-state index < -0.39 is 5.97 Å². The molecule has 2 amide bonds. The number of nitrogens with zero attached hydrogens (tertiary/aromatic N) is 1. The minimum atomic E-state index is -0.629. The van der Waals surface area contributed by atoms with E-state index in [1.165, 1.54) is 17.0 Å². The minimum absolute atomic E-state index is 0.131. The molecule has 0 spiro atoms. The van der Waals surface area contributed by atoms with E-state index in [1.54, 1.807) is 42.5 Å². The number of ether oxygens (including phenoxy) is 1. The molecular weight excluding hydrogens is 406 g/mol. The summed E-state index contributed by atoms with van der Waals surface area (Å²) in [5.74, 6) is -0.228. The van der Waals surface area contributed by atoms with Gasteiger partial charge in [-0.05, 0) is 54.4 Å². The maximum atomic E-state index is 13.2. The molecule has 4 aliphatic carbocycles. The molecule has 6 atom stereocenters. The molecule has 2 aromatic carbocycles. The Morgan fingerprint density at radius 1 is 0.812 bits per heavy atom. The van der Waals surface area contributed by atoms with Crippen LogP contribution >= 0.6 is 0 Å². The summed E-state index contributed by atoms with van der Waals surface area (Å²) >= 11 is 0. The van der Waals surface area contributed by atoms with Crippen LogP contribution in [-0.4, -0.2) is 30.2 Å². The molecule has 0 radical (unpaired) electrons. The molecule has 1 aliphatic heterocycles. The minimum Gasteiger partial charge on any atom is -0.454 e. The van der Waals surface area contributed by atoms with Gasteiger partial charge in [0, 0.05) is 5.56 Å². The average Bonchev–Trinajstić information content (AvgIpc) is 3.61. The van der Waals surface area contributed by atoms with Gasteiger partial charge >= 0.3 is 5.97 Å². The van der Waals surface area contributed by atoms with Gasteiger partial charge in [-0.3, -0.25) is 19.3 Å². The summed E-state index contributed by atoms with van der Waals surface area (Å²) < 4.78 is 5.14. The molecular formula is C26H21NO5. The number of amides is 2. The zero-order chi connectivity index (χ0) is 22.0. The van der Waals surface area contributed by atoms with Crippen molar-refractivity contribution in [2.45, 2.75) is 6.42 Å². The Kier molecular flexibility index (Phi) is 4.18. The highest BCUT2D eigenvalue weighted by atomic mass is 16.5. The van der Waals surface area contributed by atoms with E-state index in [9.17, 15) is 19.2 Å². The first kappa shape index (κ1) is 19.2. The molecule has 3 fully saturated rings. The largest absolute Gasteiger partial charge is 0.454 e. The summed E-state index contributed by atoms with van der Waals surface area (Å²) in [5, 5.41) is 0. The number of carbonyl (C=O) groups is 4. The number of Topliss-reactive ketones (excluding diaryl/α,β-unsaturated/α-hetero) is 1. The van der Waals surface area contributed by atoms with E-state index in [0.29, 0.717) is 23.1 Å². The highest BCUT2D eigenvalue weighted by molar-refractivity contribution is 6.22. The van der Waals surface area contributed by atoms with Crippen LogP contribution in [0.3, 0.4) is 0 Å². The fourth-order valence-corrected chi connectivity index (χ4v) is 5.88. The number of ketones is 1. The van der Waals surface area contributed by atoms with Crippen molar-refractivity contribution >= 4 is 29.3 Å². The second-order valence-electron chi connectivity index (χ2n) is 9.08. The molecule has 0 N–H and O–H groups in total. The monoisotopic (exact) mass is 427 g/mol. The van der Waals surface area contributed by atoms with Crippen LogP contribution in [-0.2, 0) is 14.3 Å². The highest BCUT2D eigenvalue weighted by Gasteiger charge is 2.67. The molecule has 1 heterocycles. The molecule has 2 bridgehead atoms. The smallest absolute Gasteiger partial charge is 0.338 e. The zero-order valence-corrected chi connectivity index (χ0v) is 17.2. The Morgan fingerprint density at radius 3 is 2.00 bits per heavy atom. The fraction of sp³-hybridized carbons (Fsp3) is 0.308. The van der Waals surface area contributed by atoms with Crippen molar-refractivity contribution in [1.29, 1.82) is 0 Å². The summed E-state index contributed by atoms with van der Waals surface area (Å²) in [6, 6.07) is 14.9. The lowest BCUT2D eigenvalue weighted by atomic mass is 9.63. The molecule has 0 aromatic heterocycles. The van der Waals surface area contributed by atoms with Gasteiger partial charge in [-0.1, -0.05) is 42.5 Å². The summed E-state index contributed by atoms with van der Waals surface area (Å²) in [5.41, 5.74) is 1.21. The summed E-state index contributed by atoms with van der Waals surface area (Å²) in [6.07, 6.45) is 5.41. The highest BCUT2D eigenvalue weighted by Crippen LogP contribution is 2.65. The molecule has 2 aromatic rings. The maximum absolute atomic E-state index is 13.2. The average molecular weight is 427 g/mol. The van der Waals surface area contributed by atoms with E-state index in [1.807, 2.05) is 0 Å². The SMILES string of the molecule is O=C(COC(=O)c1ccc(N2C(=O)C3C4C=CC(C5CC45)C3C2=O)cc1)c1ccccc1. The molecule has 6 unspecified atom stereocenters. The number of carbonyl (C=O) groups excluding carboxylic acids is 4. The third-order valence-electron chi connectivity index (χ3n) is 7.45. The normalized spacial score (nSPS) is 31.3. The number of hydrogen-bond acceptors (Lipinski definition) is 5. The van der Waals surface area contributed by atoms with Gasteiger partial charge in [-0.2, -0.15) is 0 Å². The standard InChI is InChI=1S/C26H21NO5/c28-21(14-4-2-1-3-5-14)13-32-26(31)15-6-8-16(9-7-15)27-24(29)22-17-10-11-18(20-12-19(17)20)23(22)25(27)30/h1-11,17-20,22-23H,12-13H2. The van der Waals surface area contributed by atoms with Crippen LogP contribution in [0.25, 0.3) is 0 Å². The first-order valence-electron chi connectivity index (χ1n) is 11.0. The van der Waals surface area contributed by atoms with E-state index >= 15 is 0 Å². The molecule has 32 heavy (non-hydrogen) atoms. The van der Waals surface area contributed by atoms with Crippen LogP contribution in [0.5, 0.6) is 0 Å². The van der Waals surface area contributed by atoms with Gasteiger partial charge in [-0.15, -0.1) is 0 Å². The van der Waals surface area contributed by atoms with E-state index in [-0.39, 0.29) is 53.4 Å². The van der Waals surface area contributed by atoms with Crippen LogP contribution < -0.4 is 4.90 Å². The molecule has 5 aliphatic rings. The second kappa shape index (κ2) is 6.99. The Bertz CT molecular complexity index is 1130. The topological polar surface area (TPSA) is 80.8 Å². The molecule has 1 saturated heterocycles. The number of allylic oxidation sites excluding steroid dienone is 2. The van der Waals surface area contributed by atoms with Gasteiger partial charge < -0.3 is 4.74 Å². The Labute approximate surface area is 184 Å². The summed E-state index contributed by atoms with van der Waals surface area (Å²) in [6.45, 7) is -0.352. The molecule has 6 nitrogen and oxygen atoms in total. The van der Waals surface area contributed by atoms with Crippen LogP contribution in [0, 0.1) is 35.5 Å². The van der Waals surface area contributed by atoms with Crippen molar-refractivity contribution in [1.82, 2.24) is 0 Å². The maximum Gasteiger partial charge on any atom is 0.338 e. The van der Waals surface area contributed by atoms with Gasteiger partial charge in [0.2, 0.25) is 11.8 Å². The molecule has 2 saturated carbocycles. The lowest BCUT2D eigenvalue weighted by Gasteiger charge is -2.37. The summed E-state index contributed by atoms with van der Waals surface area (Å²) in [7, 11) is 0. The van der Waals surface area contributed by atoms with Gasteiger partial charge in [0.25, 0.3) is 0 Å².